The monoisotopic (exact) mass is 235 g/mol. The quantitative estimate of drug-likeness (QED) is 0.592. The number of nitrogens with zero attached hydrogens (tertiary/aromatic N) is 2. The summed E-state index contributed by atoms with van der Waals surface area (Å²) in [5.41, 5.74) is 3.47. The number of hydrogen-bond donors (Lipinski definition) is 0. The van der Waals surface area contributed by atoms with Gasteiger partial charge in [-0.25, -0.2) is 4.57 Å². The predicted molar refractivity (Wildman–Crippen MR) is 73.1 cm³/mol. The zero-order chi connectivity index (χ0) is 12.5. The van der Waals surface area contributed by atoms with Crippen molar-refractivity contribution in [3.05, 3.63) is 60.6 Å². The Kier molecular flexibility index (Phi) is 2.56. The van der Waals surface area contributed by atoms with Crippen LogP contribution in [0, 0.1) is 6.92 Å². The molecule has 0 bridgehead atoms. The number of rotatable bonds is 1. The Morgan fingerprint density at radius 3 is 2.67 bits per heavy atom. The van der Waals surface area contributed by atoms with Crippen LogP contribution in [0.3, 0.4) is 0 Å². The van der Waals surface area contributed by atoms with E-state index in [4.69, 9.17) is 0 Å². The van der Waals surface area contributed by atoms with Crippen molar-refractivity contribution in [2.75, 3.05) is 0 Å². The van der Waals surface area contributed by atoms with Crippen LogP contribution in [-0.2, 0) is 7.05 Å². The number of hydrogen-bond acceptors (Lipinski definition) is 1. The highest BCUT2D eigenvalue weighted by atomic mass is 14.9. The highest BCUT2D eigenvalue weighted by Crippen LogP contribution is 2.26. The minimum atomic E-state index is 1.06. The van der Waals surface area contributed by atoms with E-state index in [0.29, 0.717) is 0 Å². The van der Waals surface area contributed by atoms with E-state index < -0.39 is 0 Å². The van der Waals surface area contributed by atoms with Crippen LogP contribution in [-0.4, -0.2) is 4.98 Å². The summed E-state index contributed by atoms with van der Waals surface area (Å²) in [4.78, 5) is 4.39. The molecular weight excluding hydrogens is 220 g/mol. The summed E-state index contributed by atoms with van der Waals surface area (Å²) in [6.07, 6.45) is 3.94. The molecule has 0 aliphatic carbocycles. The van der Waals surface area contributed by atoms with E-state index in [9.17, 15) is 0 Å². The van der Waals surface area contributed by atoms with Gasteiger partial charge in [0, 0.05) is 12.3 Å². The molecule has 0 saturated heterocycles. The molecule has 0 N–H and O–H groups in total. The SMILES string of the molecule is Cc1ncccc1-c1c2ccccc2cc[n+]1C. The first kappa shape index (κ1) is 10.9. The van der Waals surface area contributed by atoms with E-state index in [-0.39, 0.29) is 0 Å². The predicted octanol–water partition coefficient (Wildman–Crippen LogP) is 3.03. The van der Waals surface area contributed by atoms with Crippen LogP contribution in [0.15, 0.2) is 54.9 Å². The van der Waals surface area contributed by atoms with Crippen LogP contribution in [0.4, 0.5) is 0 Å². The molecule has 2 heteroatoms. The van der Waals surface area contributed by atoms with E-state index in [1.807, 2.05) is 12.3 Å². The first-order chi connectivity index (χ1) is 8.77. The lowest BCUT2D eigenvalue weighted by molar-refractivity contribution is -0.659. The highest BCUT2D eigenvalue weighted by Gasteiger charge is 2.16. The topological polar surface area (TPSA) is 16.8 Å². The second-order valence-electron chi connectivity index (χ2n) is 4.50. The number of fused-ring (bicyclic) bond motifs is 1. The maximum absolute atomic E-state index is 4.39. The third kappa shape index (κ3) is 1.66. The molecule has 88 valence electrons. The summed E-state index contributed by atoms with van der Waals surface area (Å²) >= 11 is 0. The second-order valence-corrected chi connectivity index (χ2v) is 4.50. The molecule has 0 fully saturated rings. The third-order valence-electron chi connectivity index (χ3n) is 3.31. The Morgan fingerprint density at radius 2 is 1.83 bits per heavy atom. The van der Waals surface area contributed by atoms with Crippen molar-refractivity contribution in [2.24, 2.45) is 7.05 Å². The average Bonchev–Trinajstić information content (AvgIpc) is 2.40. The molecular formula is C16H15N2+. The van der Waals surface area contributed by atoms with Gasteiger partial charge < -0.3 is 0 Å². The molecule has 3 aromatic rings. The maximum Gasteiger partial charge on any atom is 0.222 e. The molecule has 0 amide bonds. The normalized spacial score (nSPS) is 10.8. The molecule has 0 aliphatic rings. The molecule has 0 spiro atoms. The lowest BCUT2D eigenvalue weighted by atomic mass is 10.0. The maximum atomic E-state index is 4.39. The van der Waals surface area contributed by atoms with Gasteiger partial charge in [-0.15, -0.1) is 0 Å². The van der Waals surface area contributed by atoms with Crippen molar-refractivity contribution in [1.29, 1.82) is 0 Å². The number of pyridine rings is 2. The largest absolute Gasteiger partial charge is 0.261 e. The summed E-state index contributed by atoms with van der Waals surface area (Å²) in [6.45, 7) is 2.05. The molecule has 0 aliphatic heterocycles. The van der Waals surface area contributed by atoms with Gasteiger partial charge in [-0.05, 0) is 30.5 Å². The van der Waals surface area contributed by atoms with Crippen molar-refractivity contribution >= 4 is 10.8 Å². The molecule has 0 radical (unpaired) electrons. The van der Waals surface area contributed by atoms with Gasteiger partial charge in [-0.3, -0.25) is 4.98 Å². The second kappa shape index (κ2) is 4.22. The van der Waals surface area contributed by atoms with Gasteiger partial charge in [0.25, 0.3) is 0 Å². The summed E-state index contributed by atoms with van der Waals surface area (Å²) in [6, 6.07) is 14.7. The average molecular weight is 235 g/mol. The van der Waals surface area contributed by atoms with Crippen LogP contribution in [0.25, 0.3) is 22.0 Å². The van der Waals surface area contributed by atoms with Gasteiger partial charge in [0.2, 0.25) is 5.69 Å². The lowest BCUT2D eigenvalue weighted by Gasteiger charge is -2.06. The summed E-state index contributed by atoms with van der Waals surface area (Å²) < 4.78 is 2.16. The lowest BCUT2D eigenvalue weighted by Crippen LogP contribution is -2.30. The Labute approximate surface area is 107 Å². The number of aromatic nitrogens is 2. The van der Waals surface area contributed by atoms with Crippen LogP contribution in [0.1, 0.15) is 5.69 Å². The summed E-state index contributed by atoms with van der Waals surface area (Å²) in [5.74, 6) is 0. The first-order valence-electron chi connectivity index (χ1n) is 6.07. The first-order valence-corrected chi connectivity index (χ1v) is 6.07. The van der Waals surface area contributed by atoms with Gasteiger partial charge >= 0.3 is 0 Å². The Bertz CT molecular complexity index is 717. The van der Waals surface area contributed by atoms with Gasteiger partial charge in [-0.1, -0.05) is 18.2 Å². The summed E-state index contributed by atoms with van der Waals surface area (Å²) in [7, 11) is 2.08. The van der Waals surface area contributed by atoms with E-state index >= 15 is 0 Å². The molecule has 1 aromatic carbocycles. The molecule has 18 heavy (non-hydrogen) atoms. The van der Waals surface area contributed by atoms with Gasteiger partial charge in [0.05, 0.1) is 16.6 Å². The molecule has 0 saturated carbocycles. The Morgan fingerprint density at radius 1 is 1.00 bits per heavy atom. The smallest absolute Gasteiger partial charge is 0.222 e. The molecule has 0 unspecified atom stereocenters. The highest BCUT2D eigenvalue weighted by molar-refractivity contribution is 5.93. The Balaban J connectivity index is 2.42. The third-order valence-corrected chi connectivity index (χ3v) is 3.31. The number of aryl methyl sites for hydroxylation is 2. The minimum absolute atomic E-state index is 1.06. The fourth-order valence-electron chi connectivity index (χ4n) is 2.38. The molecule has 0 atom stereocenters. The van der Waals surface area contributed by atoms with Crippen LogP contribution in [0.5, 0.6) is 0 Å². The van der Waals surface area contributed by atoms with E-state index in [2.05, 4.69) is 66.1 Å². The molecule has 2 heterocycles. The van der Waals surface area contributed by atoms with E-state index in [1.54, 1.807) is 0 Å². The molecule has 2 aromatic heterocycles. The van der Waals surface area contributed by atoms with E-state index in [0.717, 1.165) is 5.69 Å². The van der Waals surface area contributed by atoms with E-state index in [1.165, 1.54) is 22.0 Å². The van der Waals surface area contributed by atoms with Crippen molar-refractivity contribution in [3.63, 3.8) is 0 Å². The molecule has 3 rings (SSSR count). The van der Waals surface area contributed by atoms with Gasteiger partial charge in [0.1, 0.15) is 7.05 Å². The van der Waals surface area contributed by atoms with Crippen LogP contribution in [0.2, 0.25) is 0 Å². The van der Waals surface area contributed by atoms with Crippen molar-refractivity contribution < 1.29 is 4.57 Å². The van der Waals surface area contributed by atoms with Gasteiger partial charge in [0.15, 0.2) is 6.20 Å². The number of benzene rings is 1. The van der Waals surface area contributed by atoms with Crippen molar-refractivity contribution in [2.45, 2.75) is 6.92 Å². The zero-order valence-corrected chi connectivity index (χ0v) is 10.6. The van der Waals surface area contributed by atoms with Crippen LogP contribution >= 0.6 is 0 Å². The van der Waals surface area contributed by atoms with Crippen LogP contribution < -0.4 is 4.57 Å². The van der Waals surface area contributed by atoms with Crippen molar-refractivity contribution in [1.82, 2.24) is 4.98 Å². The zero-order valence-electron chi connectivity index (χ0n) is 10.6. The van der Waals surface area contributed by atoms with Gasteiger partial charge in [-0.2, -0.15) is 0 Å². The standard InChI is InChI=1S/C16H15N2/c1-12-14(8-5-10-17-12)16-15-7-4-3-6-13(15)9-11-18(16)2/h3-11H,1-2H3/q+1. The molecule has 2 nitrogen and oxygen atoms in total. The minimum Gasteiger partial charge on any atom is -0.261 e. The fourth-order valence-corrected chi connectivity index (χ4v) is 2.38. The Hall–Kier alpha value is -2.22. The summed E-state index contributed by atoms with van der Waals surface area (Å²) in [5, 5.41) is 2.52. The fraction of sp³-hybridized carbons (Fsp3) is 0.125. The van der Waals surface area contributed by atoms with Crippen molar-refractivity contribution in [3.8, 4) is 11.3 Å².